The molecule has 0 aromatic heterocycles. The Kier molecular flexibility index (Phi) is 4.48. The van der Waals surface area contributed by atoms with E-state index in [0.717, 1.165) is 6.07 Å². The Bertz CT molecular complexity index is 675. The van der Waals surface area contributed by atoms with Crippen LogP contribution in [-0.2, 0) is 9.84 Å². The number of benzene rings is 1. The number of carbonyl (C=O) groups excluding carboxylic acids is 1. The number of nitrogens with zero attached hydrogens (tertiary/aromatic N) is 1. The lowest BCUT2D eigenvalue weighted by Gasteiger charge is -2.23. The van der Waals surface area contributed by atoms with E-state index in [-0.39, 0.29) is 33.8 Å². The highest BCUT2D eigenvalue weighted by Crippen LogP contribution is 2.22. The molecular weight excluding hydrogens is 320 g/mol. The van der Waals surface area contributed by atoms with Crippen molar-refractivity contribution in [1.82, 2.24) is 5.32 Å². The van der Waals surface area contributed by atoms with Crippen molar-refractivity contribution in [3.63, 3.8) is 0 Å². The molecule has 7 nitrogen and oxygen atoms in total. The van der Waals surface area contributed by atoms with Crippen LogP contribution in [0.1, 0.15) is 23.2 Å². The van der Waals surface area contributed by atoms with Gasteiger partial charge in [0, 0.05) is 18.2 Å². The van der Waals surface area contributed by atoms with Gasteiger partial charge in [-0.1, -0.05) is 11.6 Å². The molecule has 21 heavy (non-hydrogen) atoms. The van der Waals surface area contributed by atoms with Crippen LogP contribution in [0.2, 0.25) is 5.02 Å². The van der Waals surface area contributed by atoms with Gasteiger partial charge in [0.15, 0.2) is 0 Å². The third kappa shape index (κ3) is 3.92. The highest BCUT2D eigenvalue weighted by atomic mass is 35.5. The maximum atomic E-state index is 12.1. The summed E-state index contributed by atoms with van der Waals surface area (Å²) in [6.45, 7) is 0. The highest BCUT2D eigenvalue weighted by Gasteiger charge is 2.26. The van der Waals surface area contributed by atoms with E-state index >= 15 is 0 Å². The summed E-state index contributed by atoms with van der Waals surface area (Å²) >= 11 is 5.88. The van der Waals surface area contributed by atoms with Gasteiger partial charge in [0.1, 0.15) is 9.84 Å². The number of amides is 1. The minimum absolute atomic E-state index is 0.0132. The molecule has 1 N–H and O–H groups in total. The first-order valence-corrected chi connectivity index (χ1v) is 8.44. The first kappa shape index (κ1) is 15.7. The Labute approximate surface area is 126 Å². The van der Waals surface area contributed by atoms with Gasteiger partial charge < -0.3 is 5.32 Å². The second-order valence-corrected chi connectivity index (χ2v) is 7.53. The third-order valence-electron chi connectivity index (χ3n) is 3.30. The Morgan fingerprint density at radius 3 is 2.52 bits per heavy atom. The van der Waals surface area contributed by atoms with Gasteiger partial charge in [-0.2, -0.15) is 0 Å². The second-order valence-electron chi connectivity index (χ2n) is 4.82. The Hall–Kier alpha value is -1.67. The molecule has 0 unspecified atom stereocenters. The molecule has 1 fully saturated rings. The van der Waals surface area contributed by atoms with Crippen molar-refractivity contribution in [2.45, 2.75) is 18.9 Å². The van der Waals surface area contributed by atoms with E-state index in [9.17, 15) is 23.3 Å². The first-order chi connectivity index (χ1) is 9.78. The van der Waals surface area contributed by atoms with Crippen molar-refractivity contribution in [1.29, 1.82) is 0 Å². The van der Waals surface area contributed by atoms with Crippen molar-refractivity contribution in [2.75, 3.05) is 11.5 Å². The molecule has 1 aromatic rings. The van der Waals surface area contributed by atoms with Gasteiger partial charge in [-0.3, -0.25) is 14.9 Å². The molecule has 0 radical (unpaired) electrons. The lowest BCUT2D eigenvalue weighted by atomic mass is 10.1. The van der Waals surface area contributed by atoms with Crippen molar-refractivity contribution in [3.05, 3.63) is 38.9 Å². The van der Waals surface area contributed by atoms with Gasteiger partial charge in [-0.15, -0.1) is 0 Å². The molecule has 1 aliphatic heterocycles. The molecule has 1 amide bonds. The summed E-state index contributed by atoms with van der Waals surface area (Å²) in [7, 11) is -3.01. The molecule has 0 spiro atoms. The van der Waals surface area contributed by atoms with Crippen molar-refractivity contribution >= 4 is 33.0 Å². The van der Waals surface area contributed by atoms with Gasteiger partial charge >= 0.3 is 0 Å². The normalized spacial score (nSPS) is 18.1. The van der Waals surface area contributed by atoms with Crippen molar-refractivity contribution in [3.8, 4) is 0 Å². The Balaban J connectivity index is 2.10. The lowest BCUT2D eigenvalue weighted by Crippen LogP contribution is -2.40. The Morgan fingerprint density at radius 1 is 1.33 bits per heavy atom. The molecule has 0 atom stereocenters. The number of nitro benzene ring substituents is 1. The van der Waals surface area contributed by atoms with Gasteiger partial charge in [0.25, 0.3) is 11.6 Å². The monoisotopic (exact) mass is 332 g/mol. The fourth-order valence-corrected chi connectivity index (χ4v) is 3.79. The highest BCUT2D eigenvalue weighted by molar-refractivity contribution is 7.91. The second kappa shape index (κ2) is 5.98. The third-order valence-corrected chi connectivity index (χ3v) is 5.34. The van der Waals surface area contributed by atoms with E-state index < -0.39 is 20.7 Å². The average Bonchev–Trinajstić information content (AvgIpc) is 2.41. The summed E-state index contributed by atoms with van der Waals surface area (Å²) in [5.74, 6) is -0.477. The number of hydrogen-bond acceptors (Lipinski definition) is 5. The van der Waals surface area contributed by atoms with E-state index in [1.165, 1.54) is 12.1 Å². The van der Waals surface area contributed by atoms with E-state index in [4.69, 9.17) is 11.6 Å². The fourth-order valence-electron chi connectivity index (χ4n) is 2.10. The molecule has 1 heterocycles. The molecule has 1 aliphatic rings. The van der Waals surface area contributed by atoms with Gasteiger partial charge in [0.2, 0.25) is 0 Å². The zero-order valence-electron chi connectivity index (χ0n) is 10.9. The van der Waals surface area contributed by atoms with Gasteiger partial charge in [-0.05, 0) is 18.9 Å². The van der Waals surface area contributed by atoms with Crippen LogP contribution in [0.5, 0.6) is 0 Å². The van der Waals surface area contributed by atoms with Crippen LogP contribution in [0, 0.1) is 10.1 Å². The predicted molar refractivity (Wildman–Crippen MR) is 77.2 cm³/mol. The number of non-ortho nitro benzene ring substituents is 1. The van der Waals surface area contributed by atoms with Crippen LogP contribution in [0.4, 0.5) is 5.69 Å². The molecule has 0 aliphatic carbocycles. The topological polar surface area (TPSA) is 106 Å². The van der Waals surface area contributed by atoms with E-state index in [1.807, 2.05) is 0 Å². The standard InChI is InChI=1S/C12H13ClN2O5S/c13-11-2-1-9(15(17)18)7-10(11)12(16)14-8-3-5-21(19,20)6-4-8/h1-2,7-8H,3-6H2,(H,14,16). The average molecular weight is 333 g/mol. The van der Waals surface area contributed by atoms with Crippen LogP contribution in [0.15, 0.2) is 18.2 Å². The maximum Gasteiger partial charge on any atom is 0.270 e. The summed E-state index contributed by atoms with van der Waals surface area (Å²) in [6, 6.07) is 3.35. The number of nitro groups is 1. The zero-order valence-corrected chi connectivity index (χ0v) is 12.5. The van der Waals surface area contributed by atoms with E-state index in [2.05, 4.69) is 5.32 Å². The van der Waals surface area contributed by atoms with Crippen LogP contribution < -0.4 is 5.32 Å². The molecule has 0 saturated carbocycles. The van der Waals surface area contributed by atoms with Gasteiger partial charge in [0.05, 0.1) is 27.0 Å². The number of carbonyl (C=O) groups is 1. The SMILES string of the molecule is O=C(NC1CCS(=O)(=O)CC1)c1cc([N+](=O)[O-])ccc1Cl. The molecule has 1 aromatic carbocycles. The quantitative estimate of drug-likeness (QED) is 0.667. The smallest absolute Gasteiger partial charge is 0.270 e. The van der Waals surface area contributed by atoms with Crippen LogP contribution in [0.25, 0.3) is 0 Å². The number of rotatable bonds is 3. The predicted octanol–water partition coefficient (Wildman–Crippen LogP) is 1.56. The molecule has 114 valence electrons. The minimum atomic E-state index is -3.01. The van der Waals surface area contributed by atoms with Crippen molar-refractivity contribution < 1.29 is 18.1 Å². The molecule has 2 rings (SSSR count). The molecular formula is C12H13ClN2O5S. The number of sulfone groups is 1. The molecule has 1 saturated heterocycles. The molecule has 0 bridgehead atoms. The number of halogens is 1. The van der Waals surface area contributed by atoms with E-state index in [0.29, 0.717) is 12.8 Å². The fraction of sp³-hybridized carbons (Fsp3) is 0.417. The van der Waals surface area contributed by atoms with E-state index in [1.54, 1.807) is 0 Å². The molecule has 9 heteroatoms. The summed E-state index contributed by atoms with van der Waals surface area (Å²) < 4.78 is 22.6. The van der Waals surface area contributed by atoms with Crippen LogP contribution in [0.3, 0.4) is 0 Å². The zero-order chi connectivity index (χ0) is 15.6. The Morgan fingerprint density at radius 2 is 1.95 bits per heavy atom. The summed E-state index contributed by atoms with van der Waals surface area (Å²) in [5.41, 5.74) is -0.213. The summed E-state index contributed by atoms with van der Waals surface area (Å²) in [4.78, 5) is 22.2. The van der Waals surface area contributed by atoms with Crippen molar-refractivity contribution in [2.24, 2.45) is 0 Å². The first-order valence-electron chi connectivity index (χ1n) is 6.24. The lowest BCUT2D eigenvalue weighted by molar-refractivity contribution is -0.384. The van der Waals surface area contributed by atoms with Gasteiger partial charge in [-0.25, -0.2) is 8.42 Å². The van der Waals surface area contributed by atoms with Crippen LogP contribution in [-0.4, -0.2) is 36.8 Å². The maximum absolute atomic E-state index is 12.1. The minimum Gasteiger partial charge on any atom is -0.349 e. The largest absolute Gasteiger partial charge is 0.349 e. The van der Waals surface area contributed by atoms with Crippen LogP contribution >= 0.6 is 11.6 Å². The summed E-state index contributed by atoms with van der Waals surface area (Å²) in [5, 5.41) is 13.5. The number of hydrogen-bond donors (Lipinski definition) is 1. The number of nitrogens with one attached hydrogen (secondary N) is 1. The summed E-state index contributed by atoms with van der Waals surface area (Å²) in [6.07, 6.45) is 0.668.